The number of anilines is 1. The van der Waals surface area contributed by atoms with Gasteiger partial charge in [0.2, 0.25) is 15.9 Å². The minimum atomic E-state index is -3.73. The third-order valence-electron chi connectivity index (χ3n) is 3.86. The van der Waals surface area contributed by atoms with Gasteiger partial charge in [-0.2, -0.15) is 0 Å². The molecule has 2 aromatic carbocycles. The Labute approximate surface area is 162 Å². The number of halogens is 2. The van der Waals surface area contributed by atoms with E-state index in [1.54, 1.807) is 19.1 Å². The summed E-state index contributed by atoms with van der Waals surface area (Å²) in [6.45, 7) is 1.30. The minimum absolute atomic E-state index is 0.226. The molecule has 0 aliphatic heterocycles. The first-order chi connectivity index (χ1) is 12.6. The lowest BCUT2D eigenvalue weighted by atomic mass is 10.1. The van der Waals surface area contributed by atoms with Gasteiger partial charge < -0.3 is 10.1 Å². The fourth-order valence-corrected chi connectivity index (χ4v) is 3.56. The van der Waals surface area contributed by atoms with Gasteiger partial charge in [0.15, 0.2) is 0 Å². The van der Waals surface area contributed by atoms with Gasteiger partial charge in [-0.3, -0.25) is 9.10 Å². The van der Waals surface area contributed by atoms with Gasteiger partial charge in [-0.25, -0.2) is 12.8 Å². The number of methoxy groups -OCH3 is 1. The monoisotopic (exact) mass is 414 g/mol. The Balaban J connectivity index is 2.17. The molecule has 1 amide bonds. The number of carbonyl (C=O) groups excluding carboxylic acids is 1. The third-order valence-corrected chi connectivity index (χ3v) is 5.29. The van der Waals surface area contributed by atoms with Crippen LogP contribution in [0.1, 0.15) is 18.5 Å². The van der Waals surface area contributed by atoms with Gasteiger partial charge in [-0.15, -0.1) is 0 Å². The van der Waals surface area contributed by atoms with Crippen molar-refractivity contribution in [1.29, 1.82) is 0 Å². The molecule has 0 saturated heterocycles. The molecule has 0 saturated carbocycles. The SMILES string of the molecule is COc1ccc(N(CC(=O)N[C@@H](C)c2ccc(F)cc2)S(C)(=O)=O)cc1Cl. The average Bonchev–Trinajstić information content (AvgIpc) is 2.59. The fraction of sp³-hybridized carbons (Fsp3) is 0.278. The summed E-state index contributed by atoms with van der Waals surface area (Å²) >= 11 is 6.06. The Morgan fingerprint density at radius 1 is 1.26 bits per heavy atom. The van der Waals surface area contributed by atoms with Crippen LogP contribution in [0.15, 0.2) is 42.5 Å². The van der Waals surface area contributed by atoms with E-state index >= 15 is 0 Å². The van der Waals surface area contributed by atoms with E-state index in [4.69, 9.17) is 16.3 Å². The highest BCUT2D eigenvalue weighted by Gasteiger charge is 2.22. The zero-order valence-electron chi connectivity index (χ0n) is 15.1. The first-order valence-electron chi connectivity index (χ1n) is 7.98. The molecule has 9 heteroatoms. The summed E-state index contributed by atoms with van der Waals surface area (Å²) in [6, 6.07) is 9.71. The standard InChI is InChI=1S/C18H20ClFN2O4S/c1-12(13-4-6-14(20)7-5-13)21-18(23)11-22(27(3,24)25)15-8-9-17(26-2)16(19)10-15/h4-10,12H,11H2,1-3H3,(H,21,23)/t12-/m0/s1. The van der Waals surface area contributed by atoms with Gasteiger partial charge in [0, 0.05) is 0 Å². The molecule has 2 rings (SSSR count). The summed E-state index contributed by atoms with van der Waals surface area (Å²) in [5.74, 6) is -0.496. The predicted octanol–water partition coefficient (Wildman–Crippen LogP) is 3.13. The molecule has 6 nitrogen and oxygen atoms in total. The molecule has 27 heavy (non-hydrogen) atoms. The minimum Gasteiger partial charge on any atom is -0.495 e. The Kier molecular flexibility index (Phi) is 6.67. The summed E-state index contributed by atoms with van der Waals surface area (Å²) in [5.41, 5.74) is 0.941. The topological polar surface area (TPSA) is 75.7 Å². The van der Waals surface area contributed by atoms with Crippen LogP contribution in [0, 0.1) is 5.82 Å². The van der Waals surface area contributed by atoms with Crippen LogP contribution in [-0.4, -0.2) is 34.2 Å². The number of sulfonamides is 1. The highest BCUT2D eigenvalue weighted by atomic mass is 35.5. The van der Waals surface area contributed by atoms with Crippen molar-refractivity contribution in [1.82, 2.24) is 5.32 Å². The van der Waals surface area contributed by atoms with E-state index in [1.807, 2.05) is 0 Å². The van der Waals surface area contributed by atoms with Crippen molar-refractivity contribution in [3.8, 4) is 5.75 Å². The van der Waals surface area contributed by atoms with Crippen molar-refractivity contribution >= 4 is 33.2 Å². The van der Waals surface area contributed by atoms with Gasteiger partial charge in [0.1, 0.15) is 18.1 Å². The molecule has 0 fully saturated rings. The molecule has 0 bridgehead atoms. The van der Waals surface area contributed by atoms with E-state index in [-0.39, 0.29) is 16.5 Å². The van der Waals surface area contributed by atoms with Gasteiger partial charge in [-0.1, -0.05) is 23.7 Å². The van der Waals surface area contributed by atoms with E-state index in [2.05, 4.69) is 5.32 Å². The molecule has 0 aromatic heterocycles. The van der Waals surface area contributed by atoms with E-state index in [9.17, 15) is 17.6 Å². The summed E-state index contributed by atoms with van der Waals surface area (Å²) in [7, 11) is -2.29. The van der Waals surface area contributed by atoms with E-state index in [0.29, 0.717) is 11.3 Å². The molecule has 0 heterocycles. The number of nitrogens with one attached hydrogen (secondary N) is 1. The van der Waals surface area contributed by atoms with Crippen molar-refractivity contribution < 1.29 is 22.3 Å². The highest BCUT2D eigenvalue weighted by molar-refractivity contribution is 7.92. The molecule has 0 spiro atoms. The van der Waals surface area contributed by atoms with Crippen molar-refractivity contribution in [2.75, 3.05) is 24.2 Å². The van der Waals surface area contributed by atoms with Gasteiger partial charge in [0.25, 0.3) is 0 Å². The number of nitrogens with zero attached hydrogens (tertiary/aromatic N) is 1. The summed E-state index contributed by atoms with van der Waals surface area (Å²) < 4.78 is 43.3. The molecular formula is C18H20ClFN2O4S. The normalized spacial score (nSPS) is 12.3. The molecule has 2 aromatic rings. The maximum Gasteiger partial charge on any atom is 0.241 e. The van der Waals surface area contributed by atoms with Crippen LogP contribution in [0.2, 0.25) is 5.02 Å². The lowest BCUT2D eigenvalue weighted by molar-refractivity contribution is -0.120. The average molecular weight is 415 g/mol. The van der Waals surface area contributed by atoms with Crippen molar-refractivity contribution in [2.24, 2.45) is 0 Å². The van der Waals surface area contributed by atoms with Crippen LogP contribution in [0.4, 0.5) is 10.1 Å². The number of hydrogen-bond donors (Lipinski definition) is 1. The Morgan fingerprint density at radius 3 is 2.41 bits per heavy atom. The molecule has 0 aliphatic rings. The van der Waals surface area contributed by atoms with Gasteiger partial charge in [0.05, 0.1) is 30.1 Å². The first kappa shape index (κ1) is 21.0. The largest absolute Gasteiger partial charge is 0.495 e. The van der Waals surface area contributed by atoms with Gasteiger partial charge in [-0.05, 0) is 42.8 Å². The van der Waals surface area contributed by atoms with Crippen LogP contribution in [0.5, 0.6) is 5.75 Å². The van der Waals surface area contributed by atoms with Gasteiger partial charge >= 0.3 is 0 Å². The number of carbonyl (C=O) groups is 1. The molecule has 0 radical (unpaired) electrons. The second-order valence-corrected chi connectivity index (χ2v) is 8.24. The zero-order valence-corrected chi connectivity index (χ0v) is 16.6. The number of hydrogen-bond acceptors (Lipinski definition) is 4. The Bertz CT molecular complexity index is 919. The maximum atomic E-state index is 13.0. The van der Waals surface area contributed by atoms with Crippen molar-refractivity contribution in [3.05, 3.63) is 58.9 Å². The second kappa shape index (κ2) is 8.58. The lowest BCUT2D eigenvalue weighted by Gasteiger charge is -2.23. The maximum absolute atomic E-state index is 13.0. The number of rotatable bonds is 7. The smallest absolute Gasteiger partial charge is 0.241 e. The fourth-order valence-electron chi connectivity index (χ4n) is 2.46. The summed E-state index contributed by atoms with van der Waals surface area (Å²) in [5, 5.41) is 2.93. The number of ether oxygens (including phenoxy) is 1. The quantitative estimate of drug-likeness (QED) is 0.755. The zero-order chi connectivity index (χ0) is 20.2. The molecule has 0 unspecified atom stereocenters. The van der Waals surface area contributed by atoms with Crippen LogP contribution >= 0.6 is 11.6 Å². The van der Waals surface area contributed by atoms with E-state index in [0.717, 1.165) is 10.6 Å². The molecule has 0 aliphatic carbocycles. The lowest BCUT2D eigenvalue weighted by Crippen LogP contribution is -2.41. The van der Waals surface area contributed by atoms with Crippen LogP contribution in [0.3, 0.4) is 0 Å². The molecular weight excluding hydrogens is 395 g/mol. The van der Waals surface area contributed by atoms with Crippen molar-refractivity contribution in [3.63, 3.8) is 0 Å². The summed E-state index contributed by atoms with van der Waals surface area (Å²) in [4.78, 5) is 12.4. The molecule has 1 atom stereocenters. The third kappa shape index (κ3) is 5.58. The molecule has 146 valence electrons. The van der Waals surface area contributed by atoms with Crippen LogP contribution in [0.25, 0.3) is 0 Å². The predicted molar refractivity (Wildman–Crippen MR) is 103 cm³/mol. The Morgan fingerprint density at radius 2 is 1.89 bits per heavy atom. The Hall–Kier alpha value is -2.32. The first-order valence-corrected chi connectivity index (χ1v) is 10.2. The van der Waals surface area contributed by atoms with Crippen molar-refractivity contribution in [2.45, 2.75) is 13.0 Å². The van der Waals surface area contributed by atoms with Crippen LogP contribution in [-0.2, 0) is 14.8 Å². The highest BCUT2D eigenvalue weighted by Crippen LogP contribution is 2.30. The van der Waals surface area contributed by atoms with Crippen LogP contribution < -0.4 is 14.4 Å². The second-order valence-electron chi connectivity index (χ2n) is 5.93. The van der Waals surface area contributed by atoms with E-state index in [1.165, 1.54) is 37.4 Å². The summed E-state index contributed by atoms with van der Waals surface area (Å²) in [6.07, 6.45) is 1.00. The number of amides is 1. The van der Waals surface area contributed by atoms with E-state index < -0.39 is 28.5 Å². The number of benzene rings is 2. The molecule has 1 N–H and O–H groups in total.